The molecule has 2 N–H and O–H groups in total. The molecular formula is C18H17N5O3S. The molecule has 2 aromatic carbocycles. The molecule has 0 saturated carbocycles. The van der Waals surface area contributed by atoms with Crippen LogP contribution in [0.1, 0.15) is 24.2 Å². The van der Waals surface area contributed by atoms with Gasteiger partial charge in [-0.1, -0.05) is 23.9 Å². The maximum Gasteiger partial charge on any atom is 0.237 e. The van der Waals surface area contributed by atoms with Crippen molar-refractivity contribution in [2.75, 3.05) is 5.32 Å². The zero-order chi connectivity index (χ0) is 19.4. The Morgan fingerprint density at radius 3 is 2.56 bits per heavy atom. The van der Waals surface area contributed by atoms with E-state index >= 15 is 0 Å². The lowest BCUT2D eigenvalue weighted by Crippen LogP contribution is -2.24. The van der Waals surface area contributed by atoms with Gasteiger partial charge in [0, 0.05) is 5.56 Å². The number of tetrazole rings is 1. The van der Waals surface area contributed by atoms with Gasteiger partial charge in [0.25, 0.3) is 0 Å². The molecule has 27 heavy (non-hydrogen) atoms. The van der Waals surface area contributed by atoms with E-state index < -0.39 is 5.25 Å². The number of amides is 1. The number of aromatic hydroxyl groups is 1. The van der Waals surface area contributed by atoms with Crippen molar-refractivity contribution in [1.29, 1.82) is 0 Å². The summed E-state index contributed by atoms with van der Waals surface area (Å²) in [5.74, 6) is -0.255. The molecule has 0 bridgehead atoms. The SMILES string of the molecule is CC(=O)c1ccccc1NC(=O)C(C)Sc1nnnn1-c1ccc(O)cc1. The molecule has 9 heteroatoms. The number of carbonyl (C=O) groups excluding carboxylic acids is 2. The number of Topliss-reactive ketones (excluding diaryl/α,β-unsaturated/α-hetero) is 1. The molecule has 1 atom stereocenters. The molecule has 3 rings (SSSR count). The highest BCUT2D eigenvalue weighted by molar-refractivity contribution is 8.00. The molecule has 0 fully saturated rings. The summed E-state index contributed by atoms with van der Waals surface area (Å²) in [4.78, 5) is 24.2. The Morgan fingerprint density at radius 2 is 1.85 bits per heavy atom. The van der Waals surface area contributed by atoms with Crippen LogP contribution in [0, 0.1) is 0 Å². The van der Waals surface area contributed by atoms with Crippen molar-refractivity contribution in [3.8, 4) is 11.4 Å². The zero-order valence-electron chi connectivity index (χ0n) is 14.7. The predicted molar refractivity (Wildman–Crippen MR) is 101 cm³/mol. The van der Waals surface area contributed by atoms with Crippen molar-refractivity contribution in [3.05, 3.63) is 54.1 Å². The highest BCUT2D eigenvalue weighted by atomic mass is 32.2. The van der Waals surface area contributed by atoms with Gasteiger partial charge in [0.2, 0.25) is 11.1 Å². The normalized spacial score (nSPS) is 11.8. The molecule has 0 aliphatic heterocycles. The number of nitrogens with one attached hydrogen (secondary N) is 1. The first-order valence-electron chi connectivity index (χ1n) is 8.11. The summed E-state index contributed by atoms with van der Waals surface area (Å²) >= 11 is 1.18. The number of benzene rings is 2. The number of rotatable bonds is 6. The molecule has 138 valence electrons. The van der Waals surface area contributed by atoms with Crippen LogP contribution in [-0.2, 0) is 4.79 Å². The van der Waals surface area contributed by atoms with E-state index in [-0.39, 0.29) is 17.4 Å². The number of ketones is 1. The first-order chi connectivity index (χ1) is 13.0. The van der Waals surface area contributed by atoms with E-state index in [9.17, 15) is 14.7 Å². The van der Waals surface area contributed by atoms with E-state index in [0.29, 0.717) is 22.1 Å². The van der Waals surface area contributed by atoms with Crippen LogP contribution in [0.2, 0.25) is 0 Å². The quantitative estimate of drug-likeness (QED) is 0.497. The molecule has 0 aliphatic rings. The van der Waals surface area contributed by atoms with Crippen LogP contribution in [0.3, 0.4) is 0 Å². The molecular weight excluding hydrogens is 366 g/mol. The van der Waals surface area contributed by atoms with E-state index in [1.54, 1.807) is 43.3 Å². The van der Waals surface area contributed by atoms with Gasteiger partial charge in [-0.2, -0.15) is 4.68 Å². The van der Waals surface area contributed by atoms with Gasteiger partial charge in [0.15, 0.2) is 5.78 Å². The summed E-state index contributed by atoms with van der Waals surface area (Å²) in [6, 6.07) is 13.3. The molecule has 0 saturated heterocycles. The Morgan fingerprint density at radius 1 is 1.15 bits per heavy atom. The molecule has 0 spiro atoms. The molecule has 8 nitrogen and oxygen atoms in total. The molecule has 1 aromatic heterocycles. The lowest BCUT2D eigenvalue weighted by Gasteiger charge is -2.13. The summed E-state index contributed by atoms with van der Waals surface area (Å²) in [5.41, 5.74) is 1.59. The second-order valence-electron chi connectivity index (χ2n) is 5.74. The number of carbonyl (C=O) groups is 2. The fourth-order valence-corrected chi connectivity index (χ4v) is 3.16. The first kappa shape index (κ1) is 18.6. The maximum atomic E-state index is 12.6. The highest BCUT2D eigenvalue weighted by Crippen LogP contribution is 2.25. The van der Waals surface area contributed by atoms with E-state index in [1.165, 1.54) is 35.5 Å². The van der Waals surface area contributed by atoms with Gasteiger partial charge in [0.1, 0.15) is 5.75 Å². The summed E-state index contributed by atoms with van der Waals surface area (Å²) in [7, 11) is 0. The fourth-order valence-electron chi connectivity index (χ4n) is 2.35. The Balaban J connectivity index is 1.74. The third kappa shape index (κ3) is 4.32. The number of nitrogens with zero attached hydrogens (tertiary/aromatic N) is 4. The minimum Gasteiger partial charge on any atom is -0.508 e. The van der Waals surface area contributed by atoms with Crippen molar-refractivity contribution in [3.63, 3.8) is 0 Å². The third-order valence-electron chi connectivity index (χ3n) is 3.75. The Bertz CT molecular complexity index is 971. The number of aromatic nitrogens is 4. The highest BCUT2D eigenvalue weighted by Gasteiger charge is 2.20. The van der Waals surface area contributed by atoms with Gasteiger partial charge >= 0.3 is 0 Å². The van der Waals surface area contributed by atoms with E-state index in [1.807, 2.05) is 0 Å². The summed E-state index contributed by atoms with van der Waals surface area (Å²) < 4.78 is 1.48. The van der Waals surface area contributed by atoms with Crippen molar-refractivity contribution in [2.24, 2.45) is 0 Å². The van der Waals surface area contributed by atoms with Gasteiger partial charge in [-0.05, 0) is 60.7 Å². The smallest absolute Gasteiger partial charge is 0.237 e. The monoisotopic (exact) mass is 383 g/mol. The standard InChI is InChI=1S/C18H17N5O3S/c1-11(24)15-5-3-4-6-16(15)19-17(26)12(2)27-18-20-21-22-23(18)13-7-9-14(25)10-8-13/h3-10,12,25H,1-2H3,(H,19,26). The predicted octanol–water partition coefficient (Wildman–Crippen LogP) is 2.69. The average Bonchev–Trinajstić information content (AvgIpc) is 3.10. The van der Waals surface area contributed by atoms with Crippen LogP contribution in [0.5, 0.6) is 5.75 Å². The fraction of sp³-hybridized carbons (Fsp3) is 0.167. The topological polar surface area (TPSA) is 110 Å². The van der Waals surface area contributed by atoms with E-state index in [0.717, 1.165) is 0 Å². The van der Waals surface area contributed by atoms with Gasteiger partial charge < -0.3 is 10.4 Å². The number of hydrogen-bond donors (Lipinski definition) is 2. The third-order valence-corrected chi connectivity index (χ3v) is 4.78. The average molecular weight is 383 g/mol. The van der Waals surface area contributed by atoms with Gasteiger partial charge in [-0.15, -0.1) is 5.10 Å². The summed E-state index contributed by atoms with van der Waals surface area (Å²) in [6.45, 7) is 3.18. The minimum absolute atomic E-state index is 0.123. The Labute approximate surface area is 159 Å². The van der Waals surface area contributed by atoms with E-state index in [4.69, 9.17) is 0 Å². The van der Waals surface area contributed by atoms with Crippen molar-refractivity contribution < 1.29 is 14.7 Å². The molecule has 1 heterocycles. The van der Waals surface area contributed by atoms with Crippen molar-refractivity contribution in [2.45, 2.75) is 24.3 Å². The van der Waals surface area contributed by atoms with Crippen molar-refractivity contribution >= 4 is 29.1 Å². The summed E-state index contributed by atoms with van der Waals surface area (Å²) in [5, 5.41) is 23.6. The molecule has 1 unspecified atom stereocenters. The van der Waals surface area contributed by atoms with Crippen LogP contribution in [0.15, 0.2) is 53.7 Å². The molecule has 0 aliphatic carbocycles. The first-order valence-corrected chi connectivity index (χ1v) is 8.99. The van der Waals surface area contributed by atoms with E-state index in [2.05, 4.69) is 20.8 Å². The number of hydrogen-bond acceptors (Lipinski definition) is 7. The Hall–Kier alpha value is -3.20. The number of phenolic OH excluding ortho intramolecular Hbond substituents is 1. The van der Waals surface area contributed by atoms with Gasteiger partial charge in [-0.3, -0.25) is 9.59 Å². The lowest BCUT2D eigenvalue weighted by molar-refractivity contribution is -0.115. The van der Waals surface area contributed by atoms with Crippen LogP contribution >= 0.6 is 11.8 Å². The maximum absolute atomic E-state index is 12.6. The number of phenols is 1. The lowest BCUT2D eigenvalue weighted by atomic mass is 10.1. The second kappa shape index (κ2) is 8.00. The number of para-hydroxylation sites is 1. The number of anilines is 1. The Kier molecular flexibility index (Phi) is 5.51. The zero-order valence-corrected chi connectivity index (χ0v) is 15.5. The van der Waals surface area contributed by atoms with Crippen LogP contribution in [0.25, 0.3) is 5.69 Å². The minimum atomic E-state index is -0.508. The molecule has 3 aromatic rings. The second-order valence-corrected chi connectivity index (χ2v) is 7.05. The van der Waals surface area contributed by atoms with Crippen LogP contribution < -0.4 is 5.32 Å². The van der Waals surface area contributed by atoms with Gasteiger partial charge in [0.05, 0.1) is 16.6 Å². The largest absolute Gasteiger partial charge is 0.508 e. The number of thioether (sulfide) groups is 1. The van der Waals surface area contributed by atoms with Gasteiger partial charge in [-0.25, -0.2) is 0 Å². The van der Waals surface area contributed by atoms with Crippen molar-refractivity contribution in [1.82, 2.24) is 20.2 Å². The molecule has 1 amide bonds. The summed E-state index contributed by atoms with van der Waals surface area (Å²) in [6.07, 6.45) is 0. The van der Waals surface area contributed by atoms with Crippen LogP contribution in [0.4, 0.5) is 5.69 Å². The molecule has 0 radical (unpaired) electrons. The van der Waals surface area contributed by atoms with Crippen LogP contribution in [-0.4, -0.2) is 42.3 Å².